The molecule has 0 saturated carbocycles. The third-order valence-electron chi connectivity index (χ3n) is 6.75. The molecule has 2 aromatic heterocycles. The Kier molecular flexibility index (Phi) is 6.46. The van der Waals surface area contributed by atoms with E-state index in [4.69, 9.17) is 10.00 Å². The Bertz CT molecular complexity index is 1520. The van der Waals surface area contributed by atoms with E-state index < -0.39 is 5.60 Å². The molecule has 188 valence electrons. The second kappa shape index (κ2) is 9.87. The second-order valence-electron chi connectivity index (χ2n) is 9.32. The standard InChI is InChI=1S/C27H26N6O4/c1-31-24-23(15-30-31)26(35)33(18-29-24)17-27(36)10-12-32(13-11-27)25(34)21-6-2-20(3-7-21)16-37-22-8-4-19(14-28)5-9-22/h2-9,15,18,36H,10-13,16-17H2,1H3. The van der Waals surface area contributed by atoms with Crippen molar-refractivity contribution in [3.05, 3.63) is 88.1 Å². The van der Waals surface area contributed by atoms with Crippen LogP contribution in [-0.2, 0) is 20.2 Å². The average molecular weight is 499 g/mol. The maximum Gasteiger partial charge on any atom is 0.264 e. The van der Waals surface area contributed by atoms with E-state index in [2.05, 4.69) is 16.2 Å². The topological polar surface area (TPSA) is 126 Å². The summed E-state index contributed by atoms with van der Waals surface area (Å²) >= 11 is 0. The fourth-order valence-corrected chi connectivity index (χ4v) is 4.50. The lowest BCUT2D eigenvalue weighted by molar-refractivity contribution is -0.0299. The van der Waals surface area contributed by atoms with Crippen LogP contribution in [0.25, 0.3) is 11.0 Å². The maximum atomic E-state index is 13.0. The van der Waals surface area contributed by atoms with Gasteiger partial charge >= 0.3 is 0 Å². The third kappa shape index (κ3) is 5.08. The van der Waals surface area contributed by atoms with Crippen molar-refractivity contribution in [2.24, 2.45) is 7.05 Å². The normalized spacial score (nSPS) is 14.9. The van der Waals surface area contributed by atoms with E-state index in [0.717, 1.165) is 5.56 Å². The number of hydrogen-bond acceptors (Lipinski definition) is 7. The van der Waals surface area contributed by atoms with Crippen molar-refractivity contribution in [1.29, 1.82) is 5.26 Å². The number of fused-ring (bicyclic) bond motifs is 1. The highest BCUT2D eigenvalue weighted by molar-refractivity contribution is 5.94. The highest BCUT2D eigenvalue weighted by Crippen LogP contribution is 2.25. The third-order valence-corrected chi connectivity index (χ3v) is 6.75. The Morgan fingerprint density at radius 3 is 2.51 bits per heavy atom. The first-order valence-electron chi connectivity index (χ1n) is 12.0. The van der Waals surface area contributed by atoms with Gasteiger partial charge in [-0.15, -0.1) is 0 Å². The van der Waals surface area contributed by atoms with Gasteiger partial charge in [-0.3, -0.25) is 18.8 Å². The number of ether oxygens (including phenoxy) is 1. The molecule has 0 radical (unpaired) electrons. The van der Waals surface area contributed by atoms with Crippen molar-refractivity contribution in [3.63, 3.8) is 0 Å². The molecule has 1 saturated heterocycles. The number of piperidine rings is 1. The number of hydrogen-bond donors (Lipinski definition) is 1. The van der Waals surface area contributed by atoms with Crippen LogP contribution in [0.15, 0.2) is 65.8 Å². The van der Waals surface area contributed by atoms with E-state index in [1.54, 1.807) is 48.3 Å². The number of aliphatic hydroxyl groups is 1. The van der Waals surface area contributed by atoms with Gasteiger partial charge in [-0.1, -0.05) is 12.1 Å². The van der Waals surface area contributed by atoms with Gasteiger partial charge in [0.05, 0.1) is 30.0 Å². The van der Waals surface area contributed by atoms with Crippen LogP contribution in [0.1, 0.15) is 34.3 Å². The van der Waals surface area contributed by atoms with E-state index >= 15 is 0 Å². The number of amides is 1. The Balaban J connectivity index is 1.17. The summed E-state index contributed by atoms with van der Waals surface area (Å²) in [7, 11) is 1.72. The van der Waals surface area contributed by atoms with Gasteiger partial charge in [0.1, 0.15) is 24.1 Å². The Labute approximate surface area is 213 Å². The molecule has 37 heavy (non-hydrogen) atoms. The summed E-state index contributed by atoms with van der Waals surface area (Å²) in [6.07, 6.45) is 3.63. The Morgan fingerprint density at radius 1 is 1.14 bits per heavy atom. The lowest BCUT2D eigenvalue weighted by Gasteiger charge is -2.38. The van der Waals surface area contributed by atoms with Crippen LogP contribution in [-0.4, -0.2) is 53.9 Å². The number of aromatic nitrogens is 4. The summed E-state index contributed by atoms with van der Waals surface area (Å²) in [4.78, 5) is 31.8. The minimum absolute atomic E-state index is 0.0998. The first-order chi connectivity index (χ1) is 17.8. The largest absolute Gasteiger partial charge is 0.489 e. The van der Waals surface area contributed by atoms with Crippen LogP contribution < -0.4 is 10.3 Å². The fourth-order valence-electron chi connectivity index (χ4n) is 4.50. The van der Waals surface area contributed by atoms with Gasteiger partial charge in [0.25, 0.3) is 11.5 Å². The SMILES string of the molecule is Cn1ncc2c(=O)n(CC3(O)CCN(C(=O)c4ccc(COc5ccc(C#N)cc5)cc4)CC3)cnc21. The minimum Gasteiger partial charge on any atom is -0.489 e. The zero-order valence-corrected chi connectivity index (χ0v) is 20.4. The van der Waals surface area contributed by atoms with E-state index in [0.29, 0.717) is 60.4 Å². The predicted molar refractivity (Wildman–Crippen MR) is 135 cm³/mol. The van der Waals surface area contributed by atoms with Crippen LogP contribution in [0.4, 0.5) is 0 Å². The second-order valence-corrected chi connectivity index (χ2v) is 9.32. The van der Waals surface area contributed by atoms with Crippen molar-refractivity contribution >= 4 is 16.9 Å². The summed E-state index contributed by atoms with van der Waals surface area (Å²) in [5.41, 5.74) is 1.20. The monoisotopic (exact) mass is 498 g/mol. The molecule has 0 unspecified atom stereocenters. The summed E-state index contributed by atoms with van der Waals surface area (Å²) in [5, 5.41) is 24.5. The number of carbonyl (C=O) groups excluding carboxylic acids is 1. The molecule has 1 fully saturated rings. The first kappa shape index (κ1) is 24.2. The molecule has 10 heteroatoms. The molecule has 1 N–H and O–H groups in total. The molecule has 1 aliphatic rings. The minimum atomic E-state index is -1.11. The lowest BCUT2D eigenvalue weighted by Crippen LogP contribution is -2.49. The van der Waals surface area contributed by atoms with Gasteiger partial charge in [0.15, 0.2) is 5.65 Å². The molecular weight excluding hydrogens is 472 g/mol. The van der Waals surface area contributed by atoms with Crippen molar-refractivity contribution in [2.75, 3.05) is 13.1 Å². The van der Waals surface area contributed by atoms with Crippen molar-refractivity contribution < 1.29 is 14.6 Å². The Morgan fingerprint density at radius 2 is 1.84 bits per heavy atom. The molecule has 10 nitrogen and oxygen atoms in total. The zero-order chi connectivity index (χ0) is 26.0. The highest BCUT2D eigenvalue weighted by Gasteiger charge is 2.35. The number of aryl methyl sites for hydroxylation is 1. The van der Waals surface area contributed by atoms with Crippen molar-refractivity contribution in [2.45, 2.75) is 31.6 Å². The molecule has 0 aliphatic carbocycles. The van der Waals surface area contributed by atoms with E-state index in [1.807, 2.05) is 12.1 Å². The zero-order valence-electron chi connectivity index (χ0n) is 20.4. The van der Waals surface area contributed by atoms with Crippen molar-refractivity contribution in [1.82, 2.24) is 24.2 Å². The number of rotatable bonds is 6. The molecule has 0 atom stereocenters. The Hall–Kier alpha value is -4.49. The van der Waals surface area contributed by atoms with Gasteiger partial charge < -0.3 is 14.7 Å². The molecule has 2 aromatic carbocycles. The van der Waals surface area contributed by atoms with Gasteiger partial charge in [-0.25, -0.2) is 4.98 Å². The van der Waals surface area contributed by atoms with Gasteiger partial charge in [0.2, 0.25) is 0 Å². The quantitative estimate of drug-likeness (QED) is 0.432. The van der Waals surface area contributed by atoms with Crippen LogP contribution in [0, 0.1) is 11.3 Å². The van der Waals surface area contributed by atoms with Crippen LogP contribution in [0.3, 0.4) is 0 Å². The summed E-state index contributed by atoms with van der Waals surface area (Å²) in [6.45, 7) is 1.22. The summed E-state index contributed by atoms with van der Waals surface area (Å²) in [5.74, 6) is 0.565. The van der Waals surface area contributed by atoms with Crippen molar-refractivity contribution in [3.8, 4) is 11.8 Å². The molecule has 5 rings (SSSR count). The molecule has 1 amide bonds. The molecule has 1 aliphatic heterocycles. The first-order valence-corrected chi connectivity index (χ1v) is 12.0. The van der Waals surface area contributed by atoms with E-state index in [1.165, 1.54) is 21.8 Å². The molecule has 0 spiro atoms. The van der Waals surface area contributed by atoms with Crippen LogP contribution in [0.5, 0.6) is 5.75 Å². The number of likely N-dealkylation sites (tertiary alicyclic amines) is 1. The molecule has 4 aromatic rings. The molecule has 0 bridgehead atoms. The maximum absolute atomic E-state index is 13.0. The smallest absolute Gasteiger partial charge is 0.264 e. The van der Waals surface area contributed by atoms with Gasteiger partial charge in [0, 0.05) is 25.7 Å². The highest BCUT2D eigenvalue weighted by atomic mass is 16.5. The lowest BCUT2D eigenvalue weighted by atomic mass is 9.91. The number of nitrogens with zero attached hydrogens (tertiary/aromatic N) is 6. The summed E-state index contributed by atoms with van der Waals surface area (Å²) in [6, 6.07) is 16.2. The molecular formula is C27H26N6O4. The van der Waals surface area contributed by atoms with E-state index in [-0.39, 0.29) is 18.0 Å². The predicted octanol–water partition coefficient (Wildman–Crippen LogP) is 2.25. The van der Waals surface area contributed by atoms with Crippen LogP contribution in [0.2, 0.25) is 0 Å². The number of carbonyl (C=O) groups is 1. The van der Waals surface area contributed by atoms with E-state index in [9.17, 15) is 14.7 Å². The van der Waals surface area contributed by atoms with Gasteiger partial charge in [-0.2, -0.15) is 10.4 Å². The average Bonchev–Trinajstić information content (AvgIpc) is 3.31. The van der Waals surface area contributed by atoms with Crippen LogP contribution >= 0.6 is 0 Å². The number of nitriles is 1. The number of benzene rings is 2. The summed E-state index contributed by atoms with van der Waals surface area (Å²) < 4.78 is 8.70. The van der Waals surface area contributed by atoms with Gasteiger partial charge in [-0.05, 0) is 54.8 Å². The fraction of sp³-hybridized carbons (Fsp3) is 0.296. The molecule has 3 heterocycles.